The molecule has 0 fully saturated rings. The van der Waals surface area contributed by atoms with Crippen molar-refractivity contribution < 1.29 is 0 Å². The van der Waals surface area contributed by atoms with Gasteiger partial charge in [0, 0.05) is 22.5 Å². The van der Waals surface area contributed by atoms with Crippen molar-refractivity contribution in [3.63, 3.8) is 0 Å². The summed E-state index contributed by atoms with van der Waals surface area (Å²) in [5, 5.41) is 11.3. The van der Waals surface area contributed by atoms with E-state index in [1.807, 2.05) is 48.5 Å². The monoisotopic (exact) mass is 255 g/mol. The maximum Gasteiger partial charge on any atom is 0.102 e. The van der Waals surface area contributed by atoms with Crippen LogP contribution in [-0.4, -0.2) is 5.71 Å². The number of hydrogen-bond donors (Lipinski definition) is 0. The molecule has 0 aromatic heterocycles. The second kappa shape index (κ2) is 4.01. The van der Waals surface area contributed by atoms with Gasteiger partial charge >= 0.3 is 0 Å². The molecule has 0 saturated carbocycles. The topological polar surface area (TPSA) is 48.5 Å². The average Bonchev–Trinajstić information content (AvgIpc) is 3.11. The Morgan fingerprint density at radius 2 is 1.85 bits per heavy atom. The van der Waals surface area contributed by atoms with E-state index < -0.39 is 0 Å². The Morgan fingerprint density at radius 3 is 2.65 bits per heavy atom. The number of aliphatic imine (C=N–C) groups is 1. The molecule has 3 nitrogen and oxygen atoms in total. The molecule has 0 spiro atoms. The lowest BCUT2D eigenvalue weighted by molar-refractivity contribution is 1.35. The summed E-state index contributed by atoms with van der Waals surface area (Å²) in [4.78, 5) is 8.98. The van der Waals surface area contributed by atoms with Crippen molar-refractivity contribution in [3.8, 4) is 6.07 Å². The molecule has 92 valence electrons. The molecule has 2 heterocycles. The van der Waals surface area contributed by atoms with E-state index in [2.05, 4.69) is 11.1 Å². The van der Waals surface area contributed by atoms with E-state index in [9.17, 15) is 5.26 Å². The highest BCUT2D eigenvalue weighted by atomic mass is 14.8. The van der Waals surface area contributed by atoms with Crippen LogP contribution in [0.5, 0.6) is 0 Å². The summed E-state index contributed by atoms with van der Waals surface area (Å²) in [6.07, 6.45) is 3.72. The number of hydrogen-bond acceptors (Lipinski definition) is 3. The van der Waals surface area contributed by atoms with Gasteiger partial charge in [0.15, 0.2) is 0 Å². The molecular formula is C17H9N3. The molecule has 0 saturated heterocycles. The van der Waals surface area contributed by atoms with E-state index in [-0.39, 0.29) is 0 Å². The normalized spacial score (nSPS) is 14.3. The summed E-state index contributed by atoms with van der Waals surface area (Å²) in [6.45, 7) is 0. The lowest BCUT2D eigenvalue weighted by Gasteiger charge is -1.99. The van der Waals surface area contributed by atoms with Crippen LogP contribution in [0.1, 0.15) is 11.1 Å². The van der Waals surface area contributed by atoms with Gasteiger partial charge in [0.2, 0.25) is 0 Å². The fraction of sp³-hybridized carbons (Fsp3) is 0. The number of nitriles is 1. The van der Waals surface area contributed by atoms with Crippen LogP contribution in [0.3, 0.4) is 0 Å². The summed E-state index contributed by atoms with van der Waals surface area (Å²) in [5.41, 5.74) is 4.20. The molecule has 2 aromatic carbocycles. The van der Waals surface area contributed by atoms with Crippen LogP contribution in [0.4, 0.5) is 5.69 Å². The zero-order chi connectivity index (χ0) is 13.5. The van der Waals surface area contributed by atoms with Crippen molar-refractivity contribution in [2.24, 2.45) is 9.98 Å². The van der Waals surface area contributed by atoms with E-state index in [0.717, 1.165) is 33.1 Å². The first-order chi connectivity index (χ1) is 9.88. The first-order valence-electron chi connectivity index (χ1n) is 6.35. The molecule has 2 aliphatic rings. The van der Waals surface area contributed by atoms with E-state index in [0.29, 0.717) is 5.57 Å². The minimum absolute atomic E-state index is 0.634. The van der Waals surface area contributed by atoms with Gasteiger partial charge in [0.1, 0.15) is 6.07 Å². The SMILES string of the molecule is N#CC1=c2ccc3c(c2N=C1c1ccccc1)C=CN=3. The van der Waals surface area contributed by atoms with Crippen molar-refractivity contribution in [2.45, 2.75) is 0 Å². The summed E-state index contributed by atoms with van der Waals surface area (Å²) in [5.74, 6) is 0. The van der Waals surface area contributed by atoms with E-state index in [1.165, 1.54) is 0 Å². The molecular weight excluding hydrogens is 246 g/mol. The van der Waals surface area contributed by atoms with Gasteiger partial charge in [0.05, 0.1) is 22.3 Å². The highest BCUT2D eigenvalue weighted by Crippen LogP contribution is 2.24. The van der Waals surface area contributed by atoms with Crippen LogP contribution in [0.25, 0.3) is 11.6 Å². The molecule has 0 unspecified atom stereocenters. The molecule has 0 N–H and O–H groups in total. The Bertz CT molecular complexity index is 942. The zero-order valence-corrected chi connectivity index (χ0v) is 10.5. The van der Waals surface area contributed by atoms with E-state index >= 15 is 0 Å². The predicted octanol–water partition coefficient (Wildman–Crippen LogP) is 2.10. The molecule has 4 rings (SSSR count). The first-order valence-corrected chi connectivity index (χ1v) is 6.35. The highest BCUT2D eigenvalue weighted by molar-refractivity contribution is 6.34. The molecule has 0 amide bonds. The van der Waals surface area contributed by atoms with Crippen molar-refractivity contribution >= 4 is 23.0 Å². The zero-order valence-electron chi connectivity index (χ0n) is 10.5. The second-order valence-electron chi connectivity index (χ2n) is 4.65. The van der Waals surface area contributed by atoms with E-state index in [4.69, 9.17) is 4.99 Å². The predicted molar refractivity (Wildman–Crippen MR) is 77.9 cm³/mol. The van der Waals surface area contributed by atoms with Gasteiger partial charge in [-0.1, -0.05) is 30.3 Å². The van der Waals surface area contributed by atoms with Crippen LogP contribution in [0.15, 0.2) is 58.6 Å². The van der Waals surface area contributed by atoms with Crippen LogP contribution >= 0.6 is 0 Å². The standard InChI is InChI=1S/C17H9N3/c18-10-14-12-6-7-15-13(8-9-19-15)17(12)20-16(14)11-4-2-1-3-5-11/h1-9H. The van der Waals surface area contributed by atoms with Crippen molar-refractivity contribution in [2.75, 3.05) is 0 Å². The van der Waals surface area contributed by atoms with Crippen LogP contribution in [-0.2, 0) is 0 Å². The Kier molecular flexibility index (Phi) is 2.18. The maximum atomic E-state index is 9.48. The minimum atomic E-state index is 0.634. The van der Waals surface area contributed by atoms with Gasteiger partial charge in [-0.05, 0) is 18.2 Å². The van der Waals surface area contributed by atoms with Crippen molar-refractivity contribution in [1.82, 2.24) is 0 Å². The van der Waals surface area contributed by atoms with Crippen LogP contribution in [0, 0.1) is 11.3 Å². The fourth-order valence-electron chi connectivity index (χ4n) is 2.60. The molecule has 0 atom stereocenters. The van der Waals surface area contributed by atoms with Crippen molar-refractivity contribution in [1.29, 1.82) is 5.26 Å². The average molecular weight is 255 g/mol. The maximum absolute atomic E-state index is 9.48. The van der Waals surface area contributed by atoms with Crippen molar-refractivity contribution in [3.05, 3.63) is 70.4 Å². The minimum Gasteiger partial charge on any atom is -0.256 e. The molecule has 0 bridgehead atoms. The lowest BCUT2D eigenvalue weighted by atomic mass is 10.0. The van der Waals surface area contributed by atoms with Gasteiger partial charge < -0.3 is 0 Å². The molecule has 2 aromatic rings. The molecule has 0 aliphatic carbocycles. The highest BCUT2D eigenvalue weighted by Gasteiger charge is 2.21. The lowest BCUT2D eigenvalue weighted by Crippen LogP contribution is -2.13. The largest absolute Gasteiger partial charge is 0.256 e. The third-order valence-corrected chi connectivity index (χ3v) is 3.54. The smallest absolute Gasteiger partial charge is 0.102 e. The fourth-order valence-corrected chi connectivity index (χ4v) is 2.60. The molecule has 0 radical (unpaired) electrons. The van der Waals surface area contributed by atoms with Gasteiger partial charge in [-0.3, -0.25) is 4.99 Å². The third-order valence-electron chi connectivity index (χ3n) is 3.54. The molecule has 3 heteroatoms. The Hall–Kier alpha value is -2.99. The molecule has 2 aliphatic heterocycles. The van der Waals surface area contributed by atoms with Crippen LogP contribution < -0.4 is 10.6 Å². The molecule has 20 heavy (non-hydrogen) atoms. The second-order valence-corrected chi connectivity index (χ2v) is 4.65. The van der Waals surface area contributed by atoms with Gasteiger partial charge in [-0.15, -0.1) is 0 Å². The summed E-state index contributed by atoms with van der Waals surface area (Å²) in [6, 6.07) is 16.0. The quantitative estimate of drug-likeness (QED) is 0.769. The number of nitrogens with zero attached hydrogens (tertiary/aromatic N) is 3. The number of rotatable bonds is 1. The van der Waals surface area contributed by atoms with Gasteiger partial charge in [0.25, 0.3) is 0 Å². The van der Waals surface area contributed by atoms with E-state index in [1.54, 1.807) is 6.20 Å². The summed E-state index contributed by atoms with van der Waals surface area (Å²) < 4.78 is 0. The van der Waals surface area contributed by atoms with Crippen LogP contribution in [0.2, 0.25) is 0 Å². The number of fused-ring (bicyclic) bond motifs is 3. The summed E-state index contributed by atoms with van der Waals surface area (Å²) in [7, 11) is 0. The third kappa shape index (κ3) is 1.39. The summed E-state index contributed by atoms with van der Waals surface area (Å²) >= 11 is 0. The van der Waals surface area contributed by atoms with Gasteiger partial charge in [-0.2, -0.15) is 5.26 Å². The number of benzene rings is 2. The first kappa shape index (κ1) is 10.9. The Labute approximate surface area is 115 Å². The Balaban J connectivity index is 2.06. The Morgan fingerprint density at radius 1 is 1.00 bits per heavy atom. The van der Waals surface area contributed by atoms with Gasteiger partial charge in [-0.25, -0.2) is 4.99 Å².